The Bertz CT molecular complexity index is 1510. The summed E-state index contributed by atoms with van der Waals surface area (Å²) in [6.45, 7) is 6.55. The standard InChI is InChI=1S/C30H30FN5O3/c1-20-9-11-36(19-20)30-32-10-8-28(34-30)39-27-7-6-26(24-4-2-3-5-25(24)27)33-29(37)21-16-22(31)18-23(17-21)35-12-14-38-15-13-35/h2-8,10,16-18,20H,9,11-15,19H2,1H3,(H,33,37)/t20-/m1/s1. The van der Waals surface area contributed by atoms with Gasteiger partial charge in [0.1, 0.15) is 11.6 Å². The average molecular weight is 528 g/mol. The van der Waals surface area contributed by atoms with Gasteiger partial charge in [-0.25, -0.2) is 9.37 Å². The molecule has 0 unspecified atom stereocenters. The molecule has 1 aromatic heterocycles. The Kier molecular flexibility index (Phi) is 6.98. The molecule has 9 heteroatoms. The Morgan fingerprint density at radius 1 is 1.03 bits per heavy atom. The minimum Gasteiger partial charge on any atom is -0.438 e. The second kappa shape index (κ2) is 10.9. The minimum atomic E-state index is -0.453. The van der Waals surface area contributed by atoms with E-state index in [0.29, 0.717) is 61.2 Å². The summed E-state index contributed by atoms with van der Waals surface area (Å²) in [5, 5.41) is 4.58. The number of hydrogen-bond acceptors (Lipinski definition) is 7. The van der Waals surface area contributed by atoms with E-state index in [1.165, 1.54) is 12.1 Å². The number of amides is 1. The molecule has 1 amide bonds. The number of anilines is 3. The summed E-state index contributed by atoms with van der Waals surface area (Å²) in [6.07, 6.45) is 2.83. The van der Waals surface area contributed by atoms with Crippen LogP contribution in [-0.2, 0) is 4.74 Å². The van der Waals surface area contributed by atoms with E-state index in [4.69, 9.17) is 9.47 Å². The Labute approximate surface area is 226 Å². The Morgan fingerprint density at radius 3 is 2.64 bits per heavy atom. The molecular weight excluding hydrogens is 497 g/mol. The number of fused-ring (bicyclic) bond motifs is 1. The van der Waals surface area contributed by atoms with E-state index >= 15 is 0 Å². The fourth-order valence-corrected chi connectivity index (χ4v) is 5.14. The number of halogens is 1. The zero-order valence-corrected chi connectivity index (χ0v) is 21.8. The van der Waals surface area contributed by atoms with Crippen LogP contribution >= 0.6 is 0 Å². The van der Waals surface area contributed by atoms with Gasteiger partial charge in [0.05, 0.1) is 13.2 Å². The zero-order valence-electron chi connectivity index (χ0n) is 21.8. The van der Waals surface area contributed by atoms with E-state index in [0.717, 1.165) is 30.3 Å². The van der Waals surface area contributed by atoms with Crippen molar-refractivity contribution in [2.45, 2.75) is 13.3 Å². The van der Waals surface area contributed by atoms with Gasteiger partial charge in [0, 0.05) is 66.2 Å². The van der Waals surface area contributed by atoms with Crippen LogP contribution < -0.4 is 19.9 Å². The number of hydrogen-bond donors (Lipinski definition) is 1. The number of ether oxygens (including phenoxy) is 2. The van der Waals surface area contributed by atoms with Crippen LogP contribution in [-0.4, -0.2) is 55.3 Å². The second-order valence-corrected chi connectivity index (χ2v) is 10.0. The SMILES string of the molecule is C[C@@H]1CCN(c2nccc(Oc3ccc(NC(=O)c4cc(F)cc(N5CCOCC5)c4)c4ccccc34)n2)C1. The molecule has 0 spiro atoms. The molecular formula is C30H30FN5O3. The lowest BCUT2D eigenvalue weighted by Gasteiger charge is -2.29. The summed E-state index contributed by atoms with van der Waals surface area (Å²) in [5.41, 5.74) is 1.53. The molecule has 1 N–H and O–H groups in total. The van der Waals surface area contributed by atoms with Gasteiger partial charge in [-0.2, -0.15) is 4.98 Å². The van der Waals surface area contributed by atoms with Gasteiger partial charge in [-0.3, -0.25) is 4.79 Å². The smallest absolute Gasteiger partial charge is 0.255 e. The number of nitrogens with one attached hydrogen (secondary N) is 1. The summed E-state index contributed by atoms with van der Waals surface area (Å²) in [5.74, 6) is 1.51. The summed E-state index contributed by atoms with van der Waals surface area (Å²) in [7, 11) is 0. The van der Waals surface area contributed by atoms with Crippen molar-refractivity contribution in [2.75, 3.05) is 54.5 Å². The first-order chi connectivity index (χ1) is 19.0. The van der Waals surface area contributed by atoms with E-state index in [9.17, 15) is 9.18 Å². The normalized spacial score (nSPS) is 17.4. The van der Waals surface area contributed by atoms with Crippen molar-refractivity contribution in [2.24, 2.45) is 5.92 Å². The van der Waals surface area contributed by atoms with Gasteiger partial charge < -0.3 is 24.6 Å². The lowest BCUT2D eigenvalue weighted by molar-refractivity contribution is 0.102. The highest BCUT2D eigenvalue weighted by atomic mass is 19.1. The van der Waals surface area contributed by atoms with Crippen LogP contribution in [0.5, 0.6) is 11.6 Å². The maximum Gasteiger partial charge on any atom is 0.255 e. The molecule has 2 saturated heterocycles. The van der Waals surface area contributed by atoms with Crippen molar-refractivity contribution in [3.05, 3.63) is 78.2 Å². The van der Waals surface area contributed by atoms with Gasteiger partial charge in [0.25, 0.3) is 5.91 Å². The maximum absolute atomic E-state index is 14.5. The van der Waals surface area contributed by atoms with E-state index in [1.54, 1.807) is 24.4 Å². The fourth-order valence-electron chi connectivity index (χ4n) is 5.14. The first-order valence-electron chi connectivity index (χ1n) is 13.3. The monoisotopic (exact) mass is 527 g/mol. The maximum atomic E-state index is 14.5. The van der Waals surface area contributed by atoms with E-state index in [-0.39, 0.29) is 11.5 Å². The number of carbonyl (C=O) groups excluding carboxylic acids is 1. The molecule has 1 atom stereocenters. The number of aromatic nitrogens is 2. The second-order valence-electron chi connectivity index (χ2n) is 10.0. The van der Waals surface area contributed by atoms with Crippen LogP contribution in [0.2, 0.25) is 0 Å². The molecule has 3 heterocycles. The summed E-state index contributed by atoms with van der Waals surface area (Å²) in [6, 6.07) is 17.4. The molecule has 6 rings (SSSR count). The lowest BCUT2D eigenvalue weighted by atomic mass is 10.1. The third-order valence-corrected chi connectivity index (χ3v) is 7.19. The van der Waals surface area contributed by atoms with Crippen LogP contribution in [0, 0.1) is 11.7 Å². The van der Waals surface area contributed by atoms with Crippen LogP contribution in [0.25, 0.3) is 10.8 Å². The Hall–Kier alpha value is -4.24. The number of nitrogens with zero attached hydrogens (tertiary/aromatic N) is 4. The highest BCUT2D eigenvalue weighted by molar-refractivity contribution is 6.10. The molecule has 2 fully saturated rings. The first kappa shape index (κ1) is 25.1. The lowest BCUT2D eigenvalue weighted by Crippen LogP contribution is -2.36. The molecule has 3 aromatic carbocycles. The van der Waals surface area contributed by atoms with Crippen molar-refractivity contribution in [1.29, 1.82) is 0 Å². The van der Waals surface area contributed by atoms with Crippen LogP contribution in [0.15, 0.2) is 66.9 Å². The molecule has 200 valence electrons. The molecule has 4 aromatic rings. The van der Waals surface area contributed by atoms with Gasteiger partial charge in [0.15, 0.2) is 0 Å². The van der Waals surface area contributed by atoms with Crippen molar-refractivity contribution < 1.29 is 18.7 Å². The van der Waals surface area contributed by atoms with Crippen LogP contribution in [0.3, 0.4) is 0 Å². The van der Waals surface area contributed by atoms with Crippen LogP contribution in [0.4, 0.5) is 21.7 Å². The minimum absolute atomic E-state index is 0.255. The van der Waals surface area contributed by atoms with Gasteiger partial charge in [-0.15, -0.1) is 0 Å². The highest BCUT2D eigenvalue weighted by Gasteiger charge is 2.22. The third kappa shape index (κ3) is 5.49. The van der Waals surface area contributed by atoms with Crippen LogP contribution in [0.1, 0.15) is 23.7 Å². The van der Waals surface area contributed by atoms with Gasteiger partial charge >= 0.3 is 0 Å². The van der Waals surface area contributed by atoms with Crippen molar-refractivity contribution in [3.63, 3.8) is 0 Å². The van der Waals surface area contributed by atoms with Crippen molar-refractivity contribution in [3.8, 4) is 11.6 Å². The van der Waals surface area contributed by atoms with E-state index in [2.05, 4.69) is 27.1 Å². The van der Waals surface area contributed by atoms with Gasteiger partial charge in [-0.05, 0) is 42.7 Å². The van der Waals surface area contributed by atoms with E-state index in [1.807, 2.05) is 35.2 Å². The number of morpholine rings is 1. The summed E-state index contributed by atoms with van der Waals surface area (Å²) < 4.78 is 26.1. The molecule has 0 radical (unpaired) electrons. The number of carbonyl (C=O) groups is 1. The molecule has 0 aliphatic carbocycles. The zero-order chi connectivity index (χ0) is 26.8. The first-order valence-corrected chi connectivity index (χ1v) is 13.3. The predicted molar refractivity (Wildman–Crippen MR) is 149 cm³/mol. The molecule has 39 heavy (non-hydrogen) atoms. The van der Waals surface area contributed by atoms with Gasteiger partial charge in [-0.1, -0.05) is 31.2 Å². The Balaban J connectivity index is 1.25. The summed E-state index contributed by atoms with van der Waals surface area (Å²) >= 11 is 0. The topological polar surface area (TPSA) is 79.8 Å². The quantitative estimate of drug-likeness (QED) is 0.355. The van der Waals surface area contributed by atoms with Crippen molar-refractivity contribution >= 4 is 34.0 Å². The number of rotatable bonds is 6. The largest absolute Gasteiger partial charge is 0.438 e. The van der Waals surface area contributed by atoms with Crippen molar-refractivity contribution in [1.82, 2.24) is 9.97 Å². The summed E-state index contributed by atoms with van der Waals surface area (Å²) in [4.78, 5) is 26.5. The Morgan fingerprint density at radius 2 is 1.85 bits per heavy atom. The molecule has 0 saturated carbocycles. The third-order valence-electron chi connectivity index (χ3n) is 7.19. The number of benzene rings is 3. The average Bonchev–Trinajstić information content (AvgIpc) is 3.41. The van der Waals surface area contributed by atoms with E-state index < -0.39 is 5.82 Å². The fraction of sp³-hybridized carbons (Fsp3) is 0.300. The molecule has 2 aliphatic rings. The molecule has 0 bridgehead atoms. The molecule has 2 aliphatic heterocycles. The highest BCUT2D eigenvalue weighted by Crippen LogP contribution is 2.35. The molecule has 8 nitrogen and oxygen atoms in total. The predicted octanol–water partition coefficient (Wildman–Crippen LogP) is 5.50. The van der Waals surface area contributed by atoms with Gasteiger partial charge in [0.2, 0.25) is 11.8 Å².